The summed E-state index contributed by atoms with van der Waals surface area (Å²) in [4.78, 5) is 20.5. The Kier molecular flexibility index (Phi) is 6.72. The van der Waals surface area contributed by atoms with Gasteiger partial charge in [-0.25, -0.2) is 14.4 Å². The standard InChI is InChI=1S/C23H17ClFN3O3S/c1-26-21(29)14-4-9-18(10-5-14)30-13-19-23(32-20-11-6-16(24)12-27-20)31-22(28-19)15-2-7-17(25)8-3-15/h2-12H,13H2,1H3,(H,26,29). The van der Waals surface area contributed by atoms with E-state index in [1.165, 1.54) is 23.9 Å². The van der Waals surface area contributed by atoms with Crippen LogP contribution in [0.3, 0.4) is 0 Å². The number of oxazole rings is 1. The number of nitrogens with one attached hydrogen (secondary N) is 1. The highest BCUT2D eigenvalue weighted by Gasteiger charge is 2.18. The van der Waals surface area contributed by atoms with Crippen molar-refractivity contribution in [2.24, 2.45) is 0 Å². The number of amides is 1. The molecule has 2 aromatic heterocycles. The first-order valence-electron chi connectivity index (χ1n) is 9.52. The molecular formula is C23H17ClFN3O3S. The van der Waals surface area contributed by atoms with E-state index in [1.54, 1.807) is 61.8 Å². The van der Waals surface area contributed by atoms with E-state index in [-0.39, 0.29) is 18.3 Å². The van der Waals surface area contributed by atoms with Crippen LogP contribution in [0.1, 0.15) is 16.1 Å². The number of carbonyl (C=O) groups excluding carboxylic acids is 1. The Hall–Kier alpha value is -3.36. The van der Waals surface area contributed by atoms with E-state index >= 15 is 0 Å². The zero-order valence-corrected chi connectivity index (χ0v) is 18.4. The zero-order valence-electron chi connectivity index (χ0n) is 16.8. The first-order valence-corrected chi connectivity index (χ1v) is 10.7. The van der Waals surface area contributed by atoms with Crippen LogP contribution in [0, 0.1) is 5.82 Å². The van der Waals surface area contributed by atoms with Crippen molar-refractivity contribution in [2.75, 3.05) is 7.05 Å². The highest BCUT2D eigenvalue weighted by atomic mass is 35.5. The summed E-state index contributed by atoms with van der Waals surface area (Å²) in [5.74, 6) is 0.398. The van der Waals surface area contributed by atoms with Gasteiger partial charge in [-0.3, -0.25) is 4.79 Å². The molecule has 2 heterocycles. The number of benzene rings is 2. The van der Waals surface area contributed by atoms with E-state index in [4.69, 9.17) is 20.8 Å². The second kappa shape index (κ2) is 9.84. The van der Waals surface area contributed by atoms with Crippen LogP contribution in [0.2, 0.25) is 5.02 Å². The molecule has 0 aliphatic rings. The van der Waals surface area contributed by atoms with Gasteiger partial charge in [-0.15, -0.1) is 0 Å². The smallest absolute Gasteiger partial charge is 0.251 e. The lowest BCUT2D eigenvalue weighted by molar-refractivity contribution is 0.0963. The molecule has 0 bridgehead atoms. The number of hydrogen-bond donors (Lipinski definition) is 1. The third-order valence-corrected chi connectivity index (χ3v) is 5.55. The summed E-state index contributed by atoms with van der Waals surface area (Å²) in [6.45, 7) is 0.125. The average molecular weight is 470 g/mol. The Labute approximate surface area is 192 Å². The summed E-state index contributed by atoms with van der Waals surface area (Å²) in [5, 5.41) is 4.28. The molecule has 0 unspecified atom stereocenters. The van der Waals surface area contributed by atoms with Gasteiger partial charge in [-0.05, 0) is 72.4 Å². The van der Waals surface area contributed by atoms with Crippen LogP contribution in [0.5, 0.6) is 5.75 Å². The normalized spacial score (nSPS) is 10.7. The van der Waals surface area contributed by atoms with Gasteiger partial charge >= 0.3 is 0 Å². The van der Waals surface area contributed by atoms with Gasteiger partial charge in [-0.1, -0.05) is 11.6 Å². The quantitative estimate of drug-likeness (QED) is 0.378. The summed E-state index contributed by atoms with van der Waals surface area (Å²) in [5.41, 5.74) is 1.73. The topological polar surface area (TPSA) is 77.2 Å². The third kappa shape index (κ3) is 5.27. The van der Waals surface area contributed by atoms with E-state index < -0.39 is 0 Å². The molecule has 0 aliphatic carbocycles. The fourth-order valence-corrected chi connectivity index (χ4v) is 3.63. The maximum atomic E-state index is 13.3. The molecular weight excluding hydrogens is 453 g/mol. The number of pyridine rings is 1. The number of carbonyl (C=O) groups is 1. The molecule has 4 rings (SSSR count). The molecule has 6 nitrogen and oxygen atoms in total. The van der Waals surface area contributed by atoms with Crippen LogP contribution in [-0.2, 0) is 6.61 Å². The molecule has 32 heavy (non-hydrogen) atoms. The Morgan fingerprint density at radius 3 is 2.53 bits per heavy atom. The first kappa shape index (κ1) is 21.9. The molecule has 1 N–H and O–H groups in total. The molecule has 0 saturated carbocycles. The maximum Gasteiger partial charge on any atom is 0.251 e. The fourth-order valence-electron chi connectivity index (χ4n) is 2.74. The van der Waals surface area contributed by atoms with Gasteiger partial charge in [0.1, 0.15) is 28.9 Å². The van der Waals surface area contributed by atoms with E-state index in [1.807, 2.05) is 0 Å². The van der Waals surface area contributed by atoms with Gasteiger partial charge in [-0.2, -0.15) is 0 Å². The molecule has 0 saturated heterocycles. The van der Waals surface area contributed by atoms with Crippen molar-refractivity contribution in [3.8, 4) is 17.2 Å². The Bertz CT molecular complexity index is 1210. The summed E-state index contributed by atoms with van der Waals surface area (Å²) in [6, 6.07) is 16.2. The van der Waals surface area contributed by atoms with Gasteiger partial charge in [0.25, 0.3) is 5.91 Å². The zero-order chi connectivity index (χ0) is 22.5. The second-order valence-corrected chi connectivity index (χ2v) is 8.00. The molecule has 2 aromatic carbocycles. The third-order valence-electron chi connectivity index (χ3n) is 4.37. The second-order valence-electron chi connectivity index (χ2n) is 6.57. The van der Waals surface area contributed by atoms with Gasteiger partial charge < -0.3 is 14.5 Å². The number of aromatic nitrogens is 2. The molecule has 1 amide bonds. The van der Waals surface area contributed by atoms with Crippen LogP contribution in [0.4, 0.5) is 4.39 Å². The van der Waals surface area contributed by atoms with Crippen molar-refractivity contribution in [1.82, 2.24) is 15.3 Å². The molecule has 0 radical (unpaired) electrons. The minimum atomic E-state index is -0.343. The van der Waals surface area contributed by atoms with Crippen molar-refractivity contribution < 1.29 is 18.3 Å². The molecule has 0 atom stereocenters. The highest BCUT2D eigenvalue weighted by molar-refractivity contribution is 7.99. The van der Waals surface area contributed by atoms with Crippen LogP contribution in [0.15, 0.2) is 81.4 Å². The van der Waals surface area contributed by atoms with Crippen LogP contribution >= 0.6 is 23.4 Å². The number of hydrogen-bond acceptors (Lipinski definition) is 6. The highest BCUT2D eigenvalue weighted by Crippen LogP contribution is 2.34. The van der Waals surface area contributed by atoms with Crippen molar-refractivity contribution in [2.45, 2.75) is 16.7 Å². The van der Waals surface area contributed by atoms with E-state index in [0.29, 0.717) is 43.6 Å². The minimum Gasteiger partial charge on any atom is -0.487 e. The number of rotatable bonds is 7. The van der Waals surface area contributed by atoms with Gasteiger partial charge in [0, 0.05) is 24.4 Å². The number of nitrogens with zero attached hydrogens (tertiary/aromatic N) is 2. The lowest BCUT2D eigenvalue weighted by atomic mass is 10.2. The van der Waals surface area contributed by atoms with E-state index in [2.05, 4.69) is 15.3 Å². The lowest BCUT2D eigenvalue weighted by Crippen LogP contribution is -2.17. The van der Waals surface area contributed by atoms with Crippen LogP contribution < -0.4 is 10.1 Å². The SMILES string of the molecule is CNC(=O)c1ccc(OCc2nc(-c3ccc(F)cc3)oc2Sc2ccc(Cl)cn2)cc1. The van der Waals surface area contributed by atoms with Crippen LogP contribution in [0.25, 0.3) is 11.5 Å². The van der Waals surface area contributed by atoms with Gasteiger partial charge in [0.15, 0.2) is 5.09 Å². The van der Waals surface area contributed by atoms with E-state index in [9.17, 15) is 9.18 Å². The monoisotopic (exact) mass is 469 g/mol. The minimum absolute atomic E-state index is 0.125. The summed E-state index contributed by atoms with van der Waals surface area (Å²) >= 11 is 7.20. The molecule has 0 fully saturated rings. The fraction of sp³-hybridized carbons (Fsp3) is 0.0870. The number of halogens is 2. The Morgan fingerprint density at radius 2 is 1.88 bits per heavy atom. The van der Waals surface area contributed by atoms with Crippen molar-refractivity contribution in [1.29, 1.82) is 0 Å². The molecule has 162 valence electrons. The molecule has 0 spiro atoms. The maximum absolute atomic E-state index is 13.3. The van der Waals surface area contributed by atoms with Gasteiger partial charge in [0.05, 0.1) is 5.02 Å². The van der Waals surface area contributed by atoms with E-state index in [0.717, 1.165) is 0 Å². The Balaban J connectivity index is 1.57. The molecule has 9 heteroatoms. The lowest BCUT2D eigenvalue weighted by Gasteiger charge is -2.06. The van der Waals surface area contributed by atoms with Crippen LogP contribution in [-0.4, -0.2) is 22.9 Å². The molecule has 0 aliphatic heterocycles. The molecule has 4 aromatic rings. The predicted molar refractivity (Wildman–Crippen MR) is 119 cm³/mol. The van der Waals surface area contributed by atoms with Crippen molar-refractivity contribution in [3.05, 3.63) is 89.0 Å². The predicted octanol–water partition coefficient (Wildman–Crippen LogP) is 5.62. The largest absolute Gasteiger partial charge is 0.487 e. The summed E-state index contributed by atoms with van der Waals surface area (Å²) in [6.07, 6.45) is 1.55. The summed E-state index contributed by atoms with van der Waals surface area (Å²) < 4.78 is 25.1. The van der Waals surface area contributed by atoms with Crippen molar-refractivity contribution in [3.63, 3.8) is 0 Å². The summed E-state index contributed by atoms with van der Waals surface area (Å²) in [7, 11) is 1.57. The average Bonchev–Trinajstić information content (AvgIpc) is 3.22. The number of ether oxygens (including phenoxy) is 1. The van der Waals surface area contributed by atoms with Crippen molar-refractivity contribution >= 4 is 29.3 Å². The van der Waals surface area contributed by atoms with Gasteiger partial charge in [0.2, 0.25) is 5.89 Å². The first-order chi connectivity index (χ1) is 15.5. The Morgan fingerprint density at radius 1 is 1.12 bits per heavy atom.